The molecule has 0 unspecified atom stereocenters. The lowest BCUT2D eigenvalue weighted by molar-refractivity contribution is -0.138. The molecule has 2 N–H and O–H groups in total. The molecule has 0 aromatic heterocycles. The SMILES string of the molecule is CC(C)CCCCCCC(CCCCCCC(C)C)(CCCC(=O)O)CCCC(=O)O. The Morgan fingerprint density at radius 2 is 0.871 bits per heavy atom. The average Bonchev–Trinajstić information content (AvgIpc) is 2.66. The Balaban J connectivity index is 4.79. The van der Waals surface area contributed by atoms with E-state index in [2.05, 4.69) is 27.7 Å². The molecule has 0 saturated carbocycles. The van der Waals surface area contributed by atoms with Crippen LogP contribution in [0.3, 0.4) is 0 Å². The molecule has 0 spiro atoms. The summed E-state index contributed by atoms with van der Waals surface area (Å²) in [6, 6.07) is 0. The predicted molar refractivity (Wildman–Crippen MR) is 130 cm³/mol. The zero-order valence-electron chi connectivity index (χ0n) is 21.1. The molecule has 0 rings (SSSR count). The Kier molecular flexibility index (Phi) is 17.9. The molecule has 184 valence electrons. The van der Waals surface area contributed by atoms with Crippen LogP contribution < -0.4 is 0 Å². The van der Waals surface area contributed by atoms with Crippen molar-refractivity contribution in [2.24, 2.45) is 17.3 Å². The second kappa shape index (κ2) is 18.5. The van der Waals surface area contributed by atoms with Crippen molar-refractivity contribution in [3.8, 4) is 0 Å². The standard InChI is InChI=1S/C27H52O4/c1-23(2)15-9-5-7-11-19-27(21-13-17-25(28)29,22-14-18-26(30)31)20-12-8-6-10-16-24(3)4/h23-24H,5-22H2,1-4H3,(H,28,29)(H,30,31). The first-order valence-corrected chi connectivity index (χ1v) is 13.1. The lowest BCUT2D eigenvalue weighted by Crippen LogP contribution is -2.22. The van der Waals surface area contributed by atoms with Gasteiger partial charge in [0, 0.05) is 12.8 Å². The predicted octanol–water partition coefficient (Wildman–Crippen LogP) is 8.48. The maximum Gasteiger partial charge on any atom is 0.303 e. The first-order valence-electron chi connectivity index (χ1n) is 13.1. The van der Waals surface area contributed by atoms with Gasteiger partial charge in [-0.3, -0.25) is 9.59 Å². The fourth-order valence-corrected chi connectivity index (χ4v) is 4.79. The minimum Gasteiger partial charge on any atom is -0.481 e. The van der Waals surface area contributed by atoms with E-state index in [0.29, 0.717) is 12.8 Å². The van der Waals surface area contributed by atoms with Crippen molar-refractivity contribution in [2.45, 2.75) is 143 Å². The highest BCUT2D eigenvalue weighted by Crippen LogP contribution is 2.41. The van der Waals surface area contributed by atoms with E-state index in [0.717, 1.165) is 37.5 Å². The summed E-state index contributed by atoms with van der Waals surface area (Å²) in [5, 5.41) is 18.2. The van der Waals surface area contributed by atoms with Crippen molar-refractivity contribution >= 4 is 11.9 Å². The van der Waals surface area contributed by atoms with Gasteiger partial charge < -0.3 is 10.2 Å². The van der Waals surface area contributed by atoms with Crippen LogP contribution in [-0.2, 0) is 9.59 Å². The zero-order chi connectivity index (χ0) is 23.5. The van der Waals surface area contributed by atoms with Crippen LogP contribution in [0.1, 0.15) is 143 Å². The zero-order valence-corrected chi connectivity index (χ0v) is 21.1. The topological polar surface area (TPSA) is 74.6 Å². The molecule has 0 bridgehead atoms. The smallest absolute Gasteiger partial charge is 0.303 e. The van der Waals surface area contributed by atoms with E-state index in [1.54, 1.807) is 0 Å². The molecule has 0 aliphatic carbocycles. The molecule has 0 aliphatic heterocycles. The van der Waals surface area contributed by atoms with Gasteiger partial charge in [0.05, 0.1) is 0 Å². The van der Waals surface area contributed by atoms with E-state index < -0.39 is 11.9 Å². The van der Waals surface area contributed by atoms with E-state index in [9.17, 15) is 9.59 Å². The third-order valence-electron chi connectivity index (χ3n) is 6.67. The number of hydrogen-bond acceptors (Lipinski definition) is 2. The summed E-state index contributed by atoms with van der Waals surface area (Å²) in [4.78, 5) is 22.2. The monoisotopic (exact) mass is 440 g/mol. The lowest BCUT2D eigenvalue weighted by Gasteiger charge is -2.35. The molecule has 0 fully saturated rings. The number of hydrogen-bond donors (Lipinski definition) is 2. The van der Waals surface area contributed by atoms with Gasteiger partial charge in [0.1, 0.15) is 0 Å². The Morgan fingerprint density at radius 3 is 1.19 bits per heavy atom. The molecule has 0 radical (unpaired) electrons. The van der Waals surface area contributed by atoms with Crippen molar-refractivity contribution in [1.29, 1.82) is 0 Å². The molecular weight excluding hydrogens is 388 g/mol. The first-order chi connectivity index (χ1) is 14.7. The number of carboxylic acid groups (broad SMARTS) is 2. The Hall–Kier alpha value is -1.06. The number of aliphatic carboxylic acids is 2. The van der Waals surface area contributed by atoms with Crippen LogP contribution in [0.2, 0.25) is 0 Å². The highest BCUT2D eigenvalue weighted by Gasteiger charge is 2.29. The minimum absolute atomic E-state index is 0.126. The Morgan fingerprint density at radius 1 is 0.548 bits per heavy atom. The third kappa shape index (κ3) is 19.4. The molecule has 0 saturated heterocycles. The Bertz CT molecular complexity index is 414. The van der Waals surface area contributed by atoms with E-state index in [1.807, 2.05) is 0 Å². The molecule has 0 amide bonds. The fraction of sp³-hybridized carbons (Fsp3) is 0.926. The summed E-state index contributed by atoms with van der Waals surface area (Å²) in [6.07, 6.45) is 18.5. The van der Waals surface area contributed by atoms with Crippen molar-refractivity contribution < 1.29 is 19.8 Å². The van der Waals surface area contributed by atoms with Crippen molar-refractivity contribution in [3.63, 3.8) is 0 Å². The van der Waals surface area contributed by atoms with Gasteiger partial charge in [0.15, 0.2) is 0 Å². The number of rotatable bonds is 22. The fourth-order valence-electron chi connectivity index (χ4n) is 4.79. The summed E-state index contributed by atoms with van der Waals surface area (Å²) < 4.78 is 0. The van der Waals surface area contributed by atoms with Gasteiger partial charge in [0.2, 0.25) is 0 Å². The van der Waals surface area contributed by atoms with Gasteiger partial charge in [-0.2, -0.15) is 0 Å². The maximum atomic E-state index is 11.1. The van der Waals surface area contributed by atoms with Crippen molar-refractivity contribution in [1.82, 2.24) is 0 Å². The van der Waals surface area contributed by atoms with Crippen LogP contribution in [0.4, 0.5) is 0 Å². The van der Waals surface area contributed by atoms with Gasteiger partial charge in [-0.05, 0) is 55.8 Å². The minimum atomic E-state index is -0.721. The highest BCUT2D eigenvalue weighted by molar-refractivity contribution is 5.66. The molecule has 0 atom stereocenters. The number of unbranched alkanes of at least 4 members (excludes halogenated alkanes) is 6. The molecule has 0 aliphatic rings. The largest absolute Gasteiger partial charge is 0.481 e. The maximum absolute atomic E-state index is 11.1. The molecule has 4 nitrogen and oxygen atoms in total. The Labute approximate surface area is 192 Å². The molecular formula is C27H52O4. The van der Waals surface area contributed by atoms with Crippen LogP contribution in [-0.4, -0.2) is 22.2 Å². The van der Waals surface area contributed by atoms with Gasteiger partial charge in [-0.25, -0.2) is 0 Å². The molecule has 4 heteroatoms. The van der Waals surface area contributed by atoms with E-state index in [4.69, 9.17) is 10.2 Å². The molecule has 31 heavy (non-hydrogen) atoms. The normalized spacial score (nSPS) is 12.1. The summed E-state index contributed by atoms with van der Waals surface area (Å²) in [5.41, 5.74) is 0.126. The summed E-state index contributed by atoms with van der Waals surface area (Å²) in [7, 11) is 0. The van der Waals surface area contributed by atoms with Crippen molar-refractivity contribution in [2.75, 3.05) is 0 Å². The van der Waals surface area contributed by atoms with E-state index >= 15 is 0 Å². The van der Waals surface area contributed by atoms with Crippen LogP contribution in [0.15, 0.2) is 0 Å². The molecule has 0 aromatic carbocycles. The van der Waals surface area contributed by atoms with E-state index in [1.165, 1.54) is 64.2 Å². The lowest BCUT2D eigenvalue weighted by atomic mass is 9.71. The van der Waals surface area contributed by atoms with Gasteiger partial charge >= 0.3 is 11.9 Å². The van der Waals surface area contributed by atoms with Crippen LogP contribution >= 0.6 is 0 Å². The molecule has 0 aromatic rings. The second-order valence-corrected chi connectivity index (χ2v) is 10.7. The summed E-state index contributed by atoms with van der Waals surface area (Å²) in [6.45, 7) is 9.10. The average molecular weight is 441 g/mol. The number of carboxylic acids is 2. The summed E-state index contributed by atoms with van der Waals surface area (Å²) >= 11 is 0. The highest BCUT2D eigenvalue weighted by atomic mass is 16.4. The van der Waals surface area contributed by atoms with Gasteiger partial charge in [-0.1, -0.05) is 91.9 Å². The van der Waals surface area contributed by atoms with Gasteiger partial charge in [-0.15, -0.1) is 0 Å². The van der Waals surface area contributed by atoms with Gasteiger partial charge in [0.25, 0.3) is 0 Å². The summed E-state index contributed by atoms with van der Waals surface area (Å²) in [5.74, 6) is 0.0901. The van der Waals surface area contributed by atoms with Crippen LogP contribution in [0, 0.1) is 17.3 Å². The number of carbonyl (C=O) groups is 2. The molecule has 0 heterocycles. The van der Waals surface area contributed by atoms with Crippen LogP contribution in [0.25, 0.3) is 0 Å². The third-order valence-corrected chi connectivity index (χ3v) is 6.67. The quantitative estimate of drug-likeness (QED) is 0.165. The first kappa shape index (κ1) is 29.9. The second-order valence-electron chi connectivity index (χ2n) is 10.7. The van der Waals surface area contributed by atoms with Crippen LogP contribution in [0.5, 0.6) is 0 Å². The van der Waals surface area contributed by atoms with Crippen molar-refractivity contribution in [3.05, 3.63) is 0 Å². The van der Waals surface area contributed by atoms with E-state index in [-0.39, 0.29) is 18.3 Å².